The molecule has 1 amide bonds. The van der Waals surface area contributed by atoms with E-state index in [0.717, 1.165) is 6.42 Å². The zero-order valence-electron chi connectivity index (χ0n) is 9.31. The Balaban J connectivity index is 1.81. The average molecular weight is 250 g/mol. The molecule has 0 atom stereocenters. The largest absolute Gasteiger partial charge is 0.467 e. The van der Waals surface area contributed by atoms with Crippen molar-refractivity contribution in [3.63, 3.8) is 0 Å². The Hall–Kier alpha value is -1.59. The highest BCUT2D eigenvalue weighted by atomic mass is 32.1. The van der Waals surface area contributed by atoms with E-state index in [1.54, 1.807) is 17.4 Å². The normalized spacial score (nSPS) is 10.4. The van der Waals surface area contributed by atoms with Crippen LogP contribution in [-0.4, -0.2) is 12.5 Å². The van der Waals surface area contributed by atoms with Gasteiger partial charge in [-0.15, -0.1) is 11.3 Å². The molecule has 2 rings (SSSR count). The van der Waals surface area contributed by atoms with Gasteiger partial charge >= 0.3 is 0 Å². The van der Waals surface area contributed by atoms with E-state index in [9.17, 15) is 4.79 Å². The Labute approximate surface area is 103 Å². The van der Waals surface area contributed by atoms with Crippen LogP contribution in [0.25, 0.3) is 0 Å². The molecular formula is C12H14N2O2S. The summed E-state index contributed by atoms with van der Waals surface area (Å²) in [6.07, 6.45) is 2.29. The zero-order valence-corrected chi connectivity index (χ0v) is 10.1. The zero-order chi connectivity index (χ0) is 12.1. The number of amides is 1. The molecule has 2 aromatic rings. The van der Waals surface area contributed by atoms with Gasteiger partial charge in [0.15, 0.2) is 0 Å². The Bertz CT molecular complexity index is 476. The summed E-state index contributed by atoms with van der Waals surface area (Å²) in [5.41, 5.74) is 5.93. The van der Waals surface area contributed by atoms with Crippen LogP contribution in [0.3, 0.4) is 0 Å². The standard InChI is InChI=1S/C12H14N2O2S/c13-7-10-6-9(8-16-10)12(15)14-4-3-11-2-1-5-17-11/h1-2,5-6,8H,3-4,7,13H2,(H,14,15). The fraction of sp³-hybridized carbons (Fsp3) is 0.250. The summed E-state index contributed by atoms with van der Waals surface area (Å²) in [6.45, 7) is 0.935. The molecule has 0 saturated carbocycles. The molecule has 0 radical (unpaired) electrons. The topological polar surface area (TPSA) is 68.3 Å². The molecule has 90 valence electrons. The highest BCUT2D eigenvalue weighted by molar-refractivity contribution is 7.09. The van der Waals surface area contributed by atoms with Crippen LogP contribution in [0.4, 0.5) is 0 Å². The first-order valence-electron chi connectivity index (χ1n) is 5.37. The molecule has 3 N–H and O–H groups in total. The minimum Gasteiger partial charge on any atom is -0.467 e. The monoisotopic (exact) mass is 250 g/mol. The molecule has 0 aliphatic carbocycles. The van der Waals surface area contributed by atoms with Crippen LogP contribution in [0.15, 0.2) is 34.3 Å². The number of hydrogen-bond acceptors (Lipinski definition) is 4. The second-order valence-corrected chi connectivity index (χ2v) is 4.62. The summed E-state index contributed by atoms with van der Waals surface area (Å²) in [7, 11) is 0. The Morgan fingerprint density at radius 1 is 1.53 bits per heavy atom. The maximum absolute atomic E-state index is 11.7. The second-order valence-electron chi connectivity index (χ2n) is 3.59. The molecule has 4 nitrogen and oxygen atoms in total. The van der Waals surface area contributed by atoms with Crippen LogP contribution >= 0.6 is 11.3 Å². The third-order valence-corrected chi connectivity index (χ3v) is 3.29. The van der Waals surface area contributed by atoms with Gasteiger partial charge in [0.25, 0.3) is 5.91 Å². The molecule has 17 heavy (non-hydrogen) atoms. The molecule has 2 heterocycles. The van der Waals surface area contributed by atoms with Crippen molar-refractivity contribution >= 4 is 17.2 Å². The first kappa shape index (κ1) is 11.9. The van der Waals surface area contributed by atoms with Gasteiger partial charge in [0.2, 0.25) is 0 Å². The molecule has 0 saturated heterocycles. The van der Waals surface area contributed by atoms with E-state index < -0.39 is 0 Å². The lowest BCUT2D eigenvalue weighted by Gasteiger charge is -2.01. The summed E-state index contributed by atoms with van der Waals surface area (Å²) in [4.78, 5) is 13.0. The molecule has 0 bridgehead atoms. The van der Waals surface area contributed by atoms with Gasteiger partial charge in [-0.1, -0.05) is 6.07 Å². The summed E-state index contributed by atoms with van der Waals surface area (Å²) in [5.74, 6) is 0.499. The predicted molar refractivity (Wildman–Crippen MR) is 67.0 cm³/mol. The molecular weight excluding hydrogens is 236 g/mol. The maximum Gasteiger partial charge on any atom is 0.254 e. The van der Waals surface area contributed by atoms with Crippen LogP contribution in [0.2, 0.25) is 0 Å². The van der Waals surface area contributed by atoms with Crippen molar-refractivity contribution in [2.45, 2.75) is 13.0 Å². The van der Waals surface area contributed by atoms with Gasteiger partial charge in [0, 0.05) is 11.4 Å². The second kappa shape index (κ2) is 5.65. The van der Waals surface area contributed by atoms with Crippen LogP contribution in [-0.2, 0) is 13.0 Å². The van der Waals surface area contributed by atoms with Crippen molar-refractivity contribution in [2.75, 3.05) is 6.54 Å². The van der Waals surface area contributed by atoms with Crippen LogP contribution in [0.1, 0.15) is 21.0 Å². The van der Waals surface area contributed by atoms with E-state index in [-0.39, 0.29) is 5.91 Å². The van der Waals surface area contributed by atoms with Crippen LogP contribution < -0.4 is 11.1 Å². The van der Waals surface area contributed by atoms with Gasteiger partial charge in [-0.05, 0) is 23.9 Å². The lowest BCUT2D eigenvalue weighted by atomic mass is 10.3. The number of nitrogens with two attached hydrogens (primary N) is 1. The average Bonchev–Trinajstić information content (AvgIpc) is 2.99. The molecule has 5 heteroatoms. The quantitative estimate of drug-likeness (QED) is 0.849. The van der Waals surface area contributed by atoms with E-state index in [1.807, 2.05) is 11.4 Å². The Morgan fingerprint density at radius 3 is 3.06 bits per heavy atom. The molecule has 0 spiro atoms. The van der Waals surface area contributed by atoms with E-state index in [2.05, 4.69) is 11.4 Å². The predicted octanol–water partition coefficient (Wildman–Crippen LogP) is 1.77. The summed E-state index contributed by atoms with van der Waals surface area (Å²) in [5, 5.41) is 4.87. The molecule has 0 unspecified atom stereocenters. The number of rotatable bonds is 5. The highest BCUT2D eigenvalue weighted by Crippen LogP contribution is 2.09. The number of thiophene rings is 1. The Morgan fingerprint density at radius 2 is 2.41 bits per heavy atom. The van der Waals surface area contributed by atoms with Crippen molar-refractivity contribution in [1.82, 2.24) is 5.32 Å². The van der Waals surface area contributed by atoms with E-state index in [1.165, 1.54) is 11.1 Å². The molecule has 0 aliphatic heterocycles. The van der Waals surface area contributed by atoms with Gasteiger partial charge in [-0.3, -0.25) is 4.79 Å². The van der Waals surface area contributed by atoms with Gasteiger partial charge in [0.1, 0.15) is 12.0 Å². The lowest BCUT2D eigenvalue weighted by Crippen LogP contribution is -2.25. The van der Waals surface area contributed by atoms with Crippen LogP contribution in [0, 0.1) is 0 Å². The van der Waals surface area contributed by atoms with E-state index >= 15 is 0 Å². The van der Waals surface area contributed by atoms with Crippen molar-refractivity contribution in [3.05, 3.63) is 46.0 Å². The molecule has 0 fully saturated rings. The first-order valence-corrected chi connectivity index (χ1v) is 6.25. The lowest BCUT2D eigenvalue weighted by molar-refractivity contribution is 0.0953. The van der Waals surface area contributed by atoms with Gasteiger partial charge in [-0.2, -0.15) is 0 Å². The number of furan rings is 1. The number of nitrogens with one attached hydrogen (secondary N) is 1. The minimum absolute atomic E-state index is 0.120. The molecule has 0 aromatic carbocycles. The SMILES string of the molecule is NCc1cc(C(=O)NCCc2cccs2)co1. The van der Waals surface area contributed by atoms with Crippen molar-refractivity contribution in [1.29, 1.82) is 0 Å². The number of carbonyl (C=O) groups is 1. The molecule has 0 aliphatic rings. The summed E-state index contributed by atoms with van der Waals surface area (Å²) in [6, 6.07) is 5.73. The van der Waals surface area contributed by atoms with Gasteiger partial charge < -0.3 is 15.5 Å². The highest BCUT2D eigenvalue weighted by Gasteiger charge is 2.08. The van der Waals surface area contributed by atoms with Crippen molar-refractivity contribution in [2.24, 2.45) is 5.73 Å². The number of carbonyl (C=O) groups excluding carboxylic acids is 1. The van der Waals surface area contributed by atoms with Crippen molar-refractivity contribution < 1.29 is 9.21 Å². The van der Waals surface area contributed by atoms with Gasteiger partial charge in [-0.25, -0.2) is 0 Å². The van der Waals surface area contributed by atoms with Crippen LogP contribution in [0.5, 0.6) is 0 Å². The summed E-state index contributed by atoms with van der Waals surface area (Å²) < 4.78 is 5.10. The summed E-state index contributed by atoms with van der Waals surface area (Å²) >= 11 is 1.69. The smallest absolute Gasteiger partial charge is 0.254 e. The molecule has 2 aromatic heterocycles. The van der Waals surface area contributed by atoms with E-state index in [0.29, 0.717) is 24.4 Å². The van der Waals surface area contributed by atoms with Gasteiger partial charge in [0.05, 0.1) is 12.1 Å². The maximum atomic E-state index is 11.7. The van der Waals surface area contributed by atoms with E-state index in [4.69, 9.17) is 10.2 Å². The first-order chi connectivity index (χ1) is 8.29. The fourth-order valence-electron chi connectivity index (χ4n) is 1.46. The van der Waals surface area contributed by atoms with Crippen molar-refractivity contribution in [3.8, 4) is 0 Å². The Kier molecular flexibility index (Phi) is 3.95. The third kappa shape index (κ3) is 3.18. The fourth-order valence-corrected chi connectivity index (χ4v) is 2.17. The minimum atomic E-state index is -0.120. The third-order valence-electron chi connectivity index (χ3n) is 2.35. The number of hydrogen-bond donors (Lipinski definition) is 2.